The molecule has 1 rings (SSSR count). The molecule has 4 nitrogen and oxygen atoms in total. The van der Waals surface area contributed by atoms with Crippen molar-refractivity contribution in [1.29, 1.82) is 0 Å². The van der Waals surface area contributed by atoms with Crippen LogP contribution in [0.3, 0.4) is 0 Å². The van der Waals surface area contributed by atoms with Gasteiger partial charge < -0.3 is 5.32 Å². The van der Waals surface area contributed by atoms with Gasteiger partial charge in [-0.15, -0.1) is 0 Å². The molecule has 1 aliphatic rings. The van der Waals surface area contributed by atoms with Gasteiger partial charge in [-0.05, 0) is 33.6 Å². The number of amides is 2. The Labute approximate surface area is 124 Å². The predicted octanol–water partition coefficient (Wildman–Crippen LogP) is 2.32. The van der Waals surface area contributed by atoms with Gasteiger partial charge in [0.15, 0.2) is 0 Å². The zero-order chi connectivity index (χ0) is 14.4. The maximum atomic E-state index is 11.8. The third kappa shape index (κ3) is 5.48. The van der Waals surface area contributed by atoms with Gasteiger partial charge in [0.1, 0.15) is 4.32 Å². The first-order valence-electron chi connectivity index (χ1n) is 6.73. The van der Waals surface area contributed by atoms with Crippen molar-refractivity contribution in [3.05, 3.63) is 0 Å². The van der Waals surface area contributed by atoms with Crippen LogP contribution in [0.25, 0.3) is 0 Å². The number of thioether (sulfide) groups is 1. The molecular weight excluding hydrogens is 280 g/mol. The number of unbranched alkanes of at least 4 members (excludes halogenated alkanes) is 2. The minimum atomic E-state index is -0.0377. The van der Waals surface area contributed by atoms with Crippen molar-refractivity contribution < 1.29 is 9.59 Å². The van der Waals surface area contributed by atoms with Crippen LogP contribution in [0.15, 0.2) is 0 Å². The molecule has 0 aromatic heterocycles. The molecule has 0 spiro atoms. The molecule has 1 atom stereocenters. The van der Waals surface area contributed by atoms with Gasteiger partial charge in [-0.3, -0.25) is 14.5 Å². The molecule has 0 bridgehead atoms. The molecule has 0 saturated carbocycles. The molecule has 0 radical (unpaired) electrons. The number of hydrogen-bond donors (Lipinski definition) is 1. The molecule has 0 aromatic carbocycles. The maximum absolute atomic E-state index is 11.8. The van der Waals surface area contributed by atoms with E-state index in [2.05, 4.69) is 5.32 Å². The average molecular weight is 302 g/mol. The standard InChI is InChI=1S/C13H22N2O2S2/c1-9(2)14-11(16)7-5-4-6-8-15-12(17)10(3)19-13(15)18/h9-10H,4-8H2,1-3H3,(H,14,16). The van der Waals surface area contributed by atoms with E-state index in [-0.39, 0.29) is 23.1 Å². The zero-order valence-electron chi connectivity index (χ0n) is 11.8. The van der Waals surface area contributed by atoms with E-state index in [0.29, 0.717) is 17.3 Å². The molecule has 1 N–H and O–H groups in total. The summed E-state index contributed by atoms with van der Waals surface area (Å²) in [6, 6.07) is 0.200. The molecule has 1 fully saturated rings. The van der Waals surface area contributed by atoms with Gasteiger partial charge in [-0.25, -0.2) is 0 Å². The second-order valence-electron chi connectivity index (χ2n) is 5.05. The maximum Gasteiger partial charge on any atom is 0.241 e. The number of rotatable bonds is 7. The number of nitrogens with one attached hydrogen (secondary N) is 1. The highest BCUT2D eigenvalue weighted by Crippen LogP contribution is 2.26. The number of hydrogen-bond acceptors (Lipinski definition) is 4. The fraction of sp³-hybridized carbons (Fsp3) is 0.769. The van der Waals surface area contributed by atoms with Crippen molar-refractivity contribution in [2.75, 3.05) is 6.54 Å². The lowest BCUT2D eigenvalue weighted by atomic mass is 10.1. The monoisotopic (exact) mass is 302 g/mol. The lowest BCUT2D eigenvalue weighted by Gasteiger charge is -2.14. The molecule has 1 heterocycles. The van der Waals surface area contributed by atoms with Crippen LogP contribution in [0.5, 0.6) is 0 Å². The highest BCUT2D eigenvalue weighted by atomic mass is 32.2. The van der Waals surface area contributed by atoms with E-state index in [9.17, 15) is 9.59 Å². The summed E-state index contributed by atoms with van der Waals surface area (Å²) in [6.07, 6.45) is 3.25. The number of nitrogens with zero attached hydrogens (tertiary/aromatic N) is 1. The van der Waals surface area contributed by atoms with Crippen molar-refractivity contribution in [2.24, 2.45) is 0 Å². The smallest absolute Gasteiger partial charge is 0.241 e. The summed E-state index contributed by atoms with van der Waals surface area (Å²) in [5.41, 5.74) is 0. The van der Waals surface area contributed by atoms with E-state index in [1.54, 1.807) is 4.90 Å². The van der Waals surface area contributed by atoms with Crippen LogP contribution in [0.4, 0.5) is 0 Å². The molecule has 19 heavy (non-hydrogen) atoms. The largest absolute Gasteiger partial charge is 0.354 e. The Morgan fingerprint density at radius 3 is 2.63 bits per heavy atom. The molecule has 108 valence electrons. The van der Waals surface area contributed by atoms with Gasteiger partial charge in [0.05, 0.1) is 5.25 Å². The quantitative estimate of drug-likeness (QED) is 0.579. The first-order valence-corrected chi connectivity index (χ1v) is 8.02. The molecule has 1 unspecified atom stereocenters. The van der Waals surface area contributed by atoms with Crippen LogP contribution in [0.2, 0.25) is 0 Å². The van der Waals surface area contributed by atoms with E-state index in [0.717, 1.165) is 19.3 Å². The van der Waals surface area contributed by atoms with Crippen molar-refractivity contribution in [2.45, 2.75) is 57.7 Å². The summed E-state index contributed by atoms with van der Waals surface area (Å²) < 4.78 is 0.690. The second kappa shape index (κ2) is 7.85. The van der Waals surface area contributed by atoms with Crippen molar-refractivity contribution in [3.63, 3.8) is 0 Å². The summed E-state index contributed by atoms with van der Waals surface area (Å²) in [5, 5.41) is 2.83. The Bertz CT molecular complexity index is 359. The second-order valence-corrected chi connectivity index (χ2v) is 7.02. The molecule has 1 aliphatic heterocycles. The highest BCUT2D eigenvalue weighted by molar-refractivity contribution is 8.24. The molecule has 0 aliphatic carbocycles. The van der Waals surface area contributed by atoms with Crippen molar-refractivity contribution in [3.8, 4) is 0 Å². The summed E-state index contributed by atoms with van der Waals surface area (Å²) in [4.78, 5) is 24.9. The Morgan fingerprint density at radius 2 is 2.11 bits per heavy atom. The van der Waals surface area contributed by atoms with Gasteiger partial charge in [-0.2, -0.15) is 0 Å². The average Bonchev–Trinajstić information content (AvgIpc) is 2.53. The van der Waals surface area contributed by atoms with Crippen molar-refractivity contribution >= 4 is 40.1 Å². The number of carbonyl (C=O) groups is 2. The summed E-state index contributed by atoms with van der Waals surface area (Å²) in [5.74, 6) is 0.222. The van der Waals surface area contributed by atoms with E-state index < -0.39 is 0 Å². The van der Waals surface area contributed by atoms with E-state index in [1.165, 1.54) is 11.8 Å². The first kappa shape index (κ1) is 16.4. The zero-order valence-corrected chi connectivity index (χ0v) is 13.4. The van der Waals surface area contributed by atoms with Gasteiger partial charge in [0, 0.05) is 19.0 Å². The Kier molecular flexibility index (Phi) is 6.79. The van der Waals surface area contributed by atoms with Gasteiger partial charge >= 0.3 is 0 Å². The molecule has 6 heteroatoms. The Balaban J connectivity index is 2.13. The lowest BCUT2D eigenvalue weighted by Crippen LogP contribution is -2.31. The molecule has 0 aromatic rings. The molecule has 1 saturated heterocycles. The predicted molar refractivity (Wildman–Crippen MR) is 83.1 cm³/mol. The Morgan fingerprint density at radius 1 is 1.42 bits per heavy atom. The van der Waals surface area contributed by atoms with Crippen molar-refractivity contribution in [1.82, 2.24) is 10.2 Å². The fourth-order valence-corrected chi connectivity index (χ4v) is 3.36. The molecule has 2 amide bonds. The highest BCUT2D eigenvalue weighted by Gasteiger charge is 2.32. The summed E-state index contributed by atoms with van der Waals surface area (Å²) >= 11 is 6.62. The summed E-state index contributed by atoms with van der Waals surface area (Å²) in [7, 11) is 0. The van der Waals surface area contributed by atoms with Crippen LogP contribution in [-0.2, 0) is 9.59 Å². The van der Waals surface area contributed by atoms with E-state index in [4.69, 9.17) is 12.2 Å². The van der Waals surface area contributed by atoms with Crippen LogP contribution < -0.4 is 5.32 Å². The van der Waals surface area contributed by atoms with Crippen LogP contribution in [-0.4, -0.2) is 38.9 Å². The topological polar surface area (TPSA) is 49.4 Å². The van der Waals surface area contributed by atoms with Crippen LogP contribution in [0, 0.1) is 0 Å². The van der Waals surface area contributed by atoms with Gasteiger partial charge in [0.2, 0.25) is 11.8 Å². The summed E-state index contributed by atoms with van der Waals surface area (Å²) in [6.45, 7) is 6.48. The Hall–Kier alpha value is -0.620. The van der Waals surface area contributed by atoms with Crippen LogP contribution >= 0.6 is 24.0 Å². The SMILES string of the molecule is CC(C)NC(=O)CCCCCN1C(=O)C(C)SC1=S. The minimum Gasteiger partial charge on any atom is -0.354 e. The third-order valence-electron chi connectivity index (χ3n) is 2.85. The van der Waals surface area contributed by atoms with E-state index in [1.807, 2.05) is 20.8 Å². The third-order valence-corrected chi connectivity index (χ3v) is 4.33. The van der Waals surface area contributed by atoms with E-state index >= 15 is 0 Å². The van der Waals surface area contributed by atoms with Gasteiger partial charge in [0.25, 0.3) is 0 Å². The fourth-order valence-electron chi connectivity index (χ4n) is 1.90. The first-order chi connectivity index (χ1) is 8.91. The lowest BCUT2D eigenvalue weighted by molar-refractivity contribution is -0.126. The van der Waals surface area contributed by atoms with Gasteiger partial charge in [-0.1, -0.05) is 30.4 Å². The van der Waals surface area contributed by atoms with Crippen LogP contribution in [0.1, 0.15) is 46.5 Å². The number of thiocarbonyl (C=S) groups is 1. The number of carbonyl (C=O) groups excluding carboxylic acids is 2. The minimum absolute atomic E-state index is 0.0377. The molecular formula is C13H22N2O2S2. The normalized spacial score (nSPS) is 19.4.